The van der Waals surface area contributed by atoms with Crippen molar-refractivity contribution >= 4 is 23.2 Å². The summed E-state index contributed by atoms with van der Waals surface area (Å²) in [6.07, 6.45) is 4.55. The average molecular weight is 267 g/mol. The van der Waals surface area contributed by atoms with Gasteiger partial charge in [0, 0.05) is 6.04 Å². The predicted octanol–water partition coefficient (Wildman–Crippen LogP) is 2.75. The van der Waals surface area contributed by atoms with Crippen molar-refractivity contribution in [1.29, 1.82) is 0 Å². The van der Waals surface area contributed by atoms with Crippen LogP contribution >= 0.6 is 11.3 Å². The minimum atomic E-state index is -0.981. The third-order valence-corrected chi connectivity index (χ3v) is 4.54. The Kier molecular flexibility index (Phi) is 4.01. The molecule has 2 unspecified atom stereocenters. The van der Waals surface area contributed by atoms with Gasteiger partial charge in [-0.1, -0.05) is 19.8 Å². The van der Waals surface area contributed by atoms with E-state index in [0.29, 0.717) is 10.8 Å². The van der Waals surface area contributed by atoms with Crippen LogP contribution in [0, 0.1) is 5.92 Å². The van der Waals surface area contributed by atoms with Crippen molar-refractivity contribution < 1.29 is 14.7 Å². The van der Waals surface area contributed by atoms with Crippen LogP contribution in [0.4, 0.5) is 0 Å². The molecule has 0 radical (unpaired) electrons. The van der Waals surface area contributed by atoms with Crippen LogP contribution in [0.15, 0.2) is 12.1 Å². The van der Waals surface area contributed by atoms with Gasteiger partial charge in [0.15, 0.2) is 0 Å². The fourth-order valence-corrected chi connectivity index (χ4v) is 3.09. The fourth-order valence-electron chi connectivity index (χ4n) is 2.35. The molecule has 1 aliphatic carbocycles. The second kappa shape index (κ2) is 5.52. The molecular formula is C13H17NO3S. The normalized spacial score (nSPS) is 23.6. The number of hydrogen-bond donors (Lipinski definition) is 2. The molecule has 0 spiro atoms. The number of nitrogens with one attached hydrogen (secondary N) is 1. The largest absolute Gasteiger partial charge is 0.477 e. The Hall–Kier alpha value is -1.36. The molecule has 2 N–H and O–H groups in total. The molecule has 1 heterocycles. The van der Waals surface area contributed by atoms with Crippen LogP contribution in [0.5, 0.6) is 0 Å². The maximum atomic E-state index is 12.0. The molecule has 0 bridgehead atoms. The topological polar surface area (TPSA) is 66.4 Å². The number of thiophene rings is 1. The average Bonchev–Trinajstić information content (AvgIpc) is 2.81. The summed E-state index contributed by atoms with van der Waals surface area (Å²) in [6, 6.07) is 3.28. The molecule has 1 amide bonds. The van der Waals surface area contributed by atoms with Crippen molar-refractivity contribution in [2.45, 2.75) is 38.6 Å². The fraction of sp³-hybridized carbons (Fsp3) is 0.538. The lowest BCUT2D eigenvalue weighted by Crippen LogP contribution is -2.40. The van der Waals surface area contributed by atoms with Crippen LogP contribution in [0.2, 0.25) is 0 Å². The molecule has 1 aliphatic rings. The van der Waals surface area contributed by atoms with Gasteiger partial charge in [-0.2, -0.15) is 0 Å². The lowest BCUT2D eigenvalue weighted by molar-refractivity contribution is 0.0702. The number of amides is 1. The number of carboxylic acid groups (broad SMARTS) is 1. The van der Waals surface area contributed by atoms with Crippen LogP contribution in [0.3, 0.4) is 0 Å². The van der Waals surface area contributed by atoms with Gasteiger partial charge in [-0.15, -0.1) is 11.3 Å². The molecule has 1 aromatic heterocycles. The van der Waals surface area contributed by atoms with Crippen molar-refractivity contribution in [3.8, 4) is 0 Å². The van der Waals surface area contributed by atoms with E-state index in [4.69, 9.17) is 5.11 Å². The molecule has 1 saturated carbocycles. The number of rotatable bonds is 3. The van der Waals surface area contributed by atoms with E-state index < -0.39 is 5.97 Å². The maximum absolute atomic E-state index is 12.0. The zero-order valence-electron chi connectivity index (χ0n) is 10.3. The van der Waals surface area contributed by atoms with Gasteiger partial charge in [-0.3, -0.25) is 4.79 Å². The monoisotopic (exact) mass is 267 g/mol. The van der Waals surface area contributed by atoms with E-state index >= 15 is 0 Å². The third-order valence-electron chi connectivity index (χ3n) is 3.47. The van der Waals surface area contributed by atoms with E-state index in [2.05, 4.69) is 12.2 Å². The number of carboxylic acids is 1. The van der Waals surface area contributed by atoms with Gasteiger partial charge in [0.05, 0.1) is 4.88 Å². The first-order valence-corrected chi connectivity index (χ1v) is 7.03. The Morgan fingerprint density at radius 3 is 2.56 bits per heavy atom. The van der Waals surface area contributed by atoms with Crippen LogP contribution < -0.4 is 5.32 Å². The van der Waals surface area contributed by atoms with Crippen molar-refractivity contribution in [2.24, 2.45) is 5.92 Å². The summed E-state index contributed by atoms with van der Waals surface area (Å²) in [7, 11) is 0. The minimum Gasteiger partial charge on any atom is -0.477 e. The van der Waals surface area contributed by atoms with E-state index in [1.807, 2.05) is 0 Å². The van der Waals surface area contributed by atoms with Crippen LogP contribution in [-0.4, -0.2) is 23.0 Å². The molecule has 0 saturated heterocycles. The summed E-state index contributed by atoms with van der Waals surface area (Å²) in [5.74, 6) is -0.627. The highest BCUT2D eigenvalue weighted by atomic mass is 32.1. The van der Waals surface area contributed by atoms with Gasteiger partial charge in [-0.25, -0.2) is 4.79 Å². The summed E-state index contributed by atoms with van der Waals surface area (Å²) >= 11 is 1.03. The SMILES string of the molecule is CC1CCCCC1NC(=O)c1ccc(C(=O)O)s1. The van der Waals surface area contributed by atoms with Crippen molar-refractivity contribution in [2.75, 3.05) is 0 Å². The first-order chi connectivity index (χ1) is 8.58. The summed E-state index contributed by atoms with van der Waals surface area (Å²) in [5.41, 5.74) is 0. The first kappa shape index (κ1) is 13.1. The van der Waals surface area contributed by atoms with Crippen LogP contribution in [-0.2, 0) is 0 Å². The molecule has 0 aromatic carbocycles. The first-order valence-electron chi connectivity index (χ1n) is 6.22. The Balaban J connectivity index is 2.00. The molecule has 1 fully saturated rings. The van der Waals surface area contributed by atoms with Gasteiger partial charge >= 0.3 is 5.97 Å². The zero-order chi connectivity index (χ0) is 13.1. The summed E-state index contributed by atoms with van der Waals surface area (Å²) in [6.45, 7) is 2.15. The smallest absolute Gasteiger partial charge is 0.345 e. The molecule has 98 valence electrons. The highest BCUT2D eigenvalue weighted by molar-refractivity contribution is 7.15. The number of hydrogen-bond acceptors (Lipinski definition) is 3. The standard InChI is InChI=1S/C13H17NO3S/c1-8-4-2-3-5-9(8)14-12(15)10-6-7-11(18-10)13(16)17/h6-9H,2-5H2,1H3,(H,14,15)(H,16,17). The number of aromatic carboxylic acids is 1. The van der Waals surface area contributed by atoms with Gasteiger partial charge in [0.1, 0.15) is 4.88 Å². The zero-order valence-corrected chi connectivity index (χ0v) is 11.1. The van der Waals surface area contributed by atoms with Gasteiger partial charge in [-0.05, 0) is 30.9 Å². The van der Waals surface area contributed by atoms with Gasteiger partial charge in [0.2, 0.25) is 0 Å². The lowest BCUT2D eigenvalue weighted by Gasteiger charge is -2.29. The second-order valence-electron chi connectivity index (χ2n) is 4.81. The summed E-state index contributed by atoms with van der Waals surface area (Å²) in [4.78, 5) is 23.4. The molecular weight excluding hydrogens is 250 g/mol. The third kappa shape index (κ3) is 2.90. The Labute approximate surface area is 110 Å². The van der Waals surface area contributed by atoms with Crippen molar-refractivity contribution in [3.05, 3.63) is 21.9 Å². The van der Waals surface area contributed by atoms with E-state index in [0.717, 1.165) is 30.6 Å². The van der Waals surface area contributed by atoms with Crippen LogP contribution in [0.1, 0.15) is 52.0 Å². The van der Waals surface area contributed by atoms with E-state index in [9.17, 15) is 9.59 Å². The van der Waals surface area contributed by atoms with Crippen LogP contribution in [0.25, 0.3) is 0 Å². The lowest BCUT2D eigenvalue weighted by atomic mass is 9.86. The van der Waals surface area contributed by atoms with E-state index in [1.54, 1.807) is 6.07 Å². The molecule has 4 nitrogen and oxygen atoms in total. The Morgan fingerprint density at radius 2 is 1.94 bits per heavy atom. The van der Waals surface area contributed by atoms with E-state index in [-0.39, 0.29) is 16.8 Å². The number of carbonyl (C=O) groups is 2. The summed E-state index contributed by atoms with van der Waals surface area (Å²) in [5, 5.41) is 11.8. The molecule has 5 heteroatoms. The quantitative estimate of drug-likeness (QED) is 0.885. The summed E-state index contributed by atoms with van der Waals surface area (Å²) < 4.78 is 0. The molecule has 2 atom stereocenters. The van der Waals surface area contributed by atoms with E-state index in [1.165, 1.54) is 12.5 Å². The van der Waals surface area contributed by atoms with Gasteiger partial charge < -0.3 is 10.4 Å². The molecule has 2 rings (SSSR count). The number of carbonyl (C=O) groups excluding carboxylic acids is 1. The molecule has 1 aromatic rings. The molecule has 18 heavy (non-hydrogen) atoms. The Bertz CT molecular complexity index is 455. The van der Waals surface area contributed by atoms with Crippen molar-refractivity contribution in [1.82, 2.24) is 5.32 Å². The maximum Gasteiger partial charge on any atom is 0.345 e. The second-order valence-corrected chi connectivity index (χ2v) is 5.89. The molecule has 0 aliphatic heterocycles. The van der Waals surface area contributed by atoms with Gasteiger partial charge in [0.25, 0.3) is 5.91 Å². The Morgan fingerprint density at radius 1 is 1.28 bits per heavy atom. The van der Waals surface area contributed by atoms with Crippen molar-refractivity contribution in [3.63, 3.8) is 0 Å². The highest BCUT2D eigenvalue weighted by Crippen LogP contribution is 2.24. The highest BCUT2D eigenvalue weighted by Gasteiger charge is 2.24. The minimum absolute atomic E-state index is 0.147. The predicted molar refractivity (Wildman–Crippen MR) is 70.2 cm³/mol.